The van der Waals surface area contributed by atoms with Gasteiger partial charge in [-0.2, -0.15) is 0 Å². The monoisotopic (exact) mass is 193 g/mol. The highest BCUT2D eigenvalue weighted by Crippen LogP contribution is 2.24. The molecule has 1 nitrogen and oxygen atoms in total. The zero-order chi connectivity index (χ0) is 9.68. The normalized spacial score (nSPS) is 9.31. The molecule has 0 aliphatic rings. The second-order valence-corrected chi connectivity index (χ2v) is 3.08. The zero-order valence-corrected chi connectivity index (χ0v) is 8.38. The third-order valence-electron chi connectivity index (χ3n) is 1.86. The molecule has 68 valence electrons. The van der Waals surface area contributed by atoms with Crippen molar-refractivity contribution < 1.29 is 0 Å². The van der Waals surface area contributed by atoms with E-state index in [2.05, 4.69) is 17.7 Å². The minimum atomic E-state index is 0.597. The minimum Gasteiger partial charge on any atom is -0.359 e. The number of anilines is 1. The van der Waals surface area contributed by atoms with E-state index in [1.165, 1.54) is 0 Å². The highest BCUT2D eigenvalue weighted by molar-refractivity contribution is 6.33. The molecule has 0 aromatic heterocycles. The topological polar surface area (TPSA) is 3.24 Å². The molecule has 0 aliphatic heterocycles. The molecule has 2 heteroatoms. The Balaban J connectivity index is 2.92. The van der Waals surface area contributed by atoms with Crippen molar-refractivity contribution in [1.29, 1.82) is 0 Å². The highest BCUT2D eigenvalue weighted by Gasteiger charge is 2.05. The van der Waals surface area contributed by atoms with Gasteiger partial charge in [-0.25, -0.2) is 0 Å². The lowest BCUT2D eigenvalue weighted by Crippen LogP contribution is -2.22. The molecule has 0 unspecified atom stereocenters. The first-order valence-electron chi connectivity index (χ1n) is 4.22. The molecule has 0 amide bonds. The maximum absolute atomic E-state index is 6.02. The highest BCUT2D eigenvalue weighted by atomic mass is 35.5. The van der Waals surface area contributed by atoms with Gasteiger partial charge < -0.3 is 4.90 Å². The van der Waals surface area contributed by atoms with Gasteiger partial charge in [0.05, 0.1) is 17.3 Å². The van der Waals surface area contributed by atoms with Crippen LogP contribution in [0.2, 0.25) is 5.02 Å². The van der Waals surface area contributed by atoms with E-state index >= 15 is 0 Å². The summed E-state index contributed by atoms with van der Waals surface area (Å²) < 4.78 is 0. The number of hydrogen-bond donors (Lipinski definition) is 0. The summed E-state index contributed by atoms with van der Waals surface area (Å²) in [6, 6.07) is 7.72. The summed E-state index contributed by atoms with van der Waals surface area (Å²) in [5.41, 5.74) is 1.00. The molecular formula is C11H12ClN. The Morgan fingerprint density at radius 1 is 1.46 bits per heavy atom. The van der Waals surface area contributed by atoms with Gasteiger partial charge in [-0.05, 0) is 19.1 Å². The average Bonchev–Trinajstić information content (AvgIpc) is 2.16. The molecule has 0 heterocycles. The van der Waals surface area contributed by atoms with Crippen LogP contribution in [0.1, 0.15) is 6.92 Å². The number of benzene rings is 1. The molecule has 13 heavy (non-hydrogen) atoms. The Kier molecular flexibility index (Phi) is 3.67. The minimum absolute atomic E-state index is 0.597. The average molecular weight is 194 g/mol. The third-order valence-corrected chi connectivity index (χ3v) is 2.18. The van der Waals surface area contributed by atoms with Crippen LogP contribution in [0, 0.1) is 12.3 Å². The van der Waals surface area contributed by atoms with Gasteiger partial charge >= 0.3 is 0 Å². The van der Waals surface area contributed by atoms with Crippen molar-refractivity contribution in [1.82, 2.24) is 0 Å². The number of para-hydroxylation sites is 1. The van der Waals surface area contributed by atoms with Gasteiger partial charge in [0.1, 0.15) is 0 Å². The lowest BCUT2D eigenvalue weighted by atomic mass is 10.3. The first-order valence-corrected chi connectivity index (χ1v) is 4.60. The van der Waals surface area contributed by atoms with Crippen molar-refractivity contribution in [3.05, 3.63) is 29.3 Å². The molecule has 0 fully saturated rings. The SMILES string of the molecule is C#CCN(CC)c1ccccc1Cl. The fraction of sp³-hybridized carbons (Fsp3) is 0.273. The van der Waals surface area contributed by atoms with Crippen molar-refractivity contribution in [2.75, 3.05) is 18.0 Å². The van der Waals surface area contributed by atoms with Gasteiger partial charge in [0.2, 0.25) is 0 Å². The van der Waals surface area contributed by atoms with E-state index < -0.39 is 0 Å². The molecule has 1 rings (SSSR count). The van der Waals surface area contributed by atoms with Crippen LogP contribution in [0.3, 0.4) is 0 Å². The standard InChI is InChI=1S/C11H12ClN/c1-3-9-13(4-2)11-8-6-5-7-10(11)12/h1,5-8H,4,9H2,2H3. The summed E-state index contributed by atoms with van der Waals surface area (Å²) in [5.74, 6) is 2.61. The fourth-order valence-corrected chi connectivity index (χ4v) is 1.44. The third kappa shape index (κ3) is 2.40. The Hall–Kier alpha value is -1.13. The van der Waals surface area contributed by atoms with Crippen LogP contribution in [0.4, 0.5) is 5.69 Å². The van der Waals surface area contributed by atoms with E-state index in [0.717, 1.165) is 17.3 Å². The predicted octanol–water partition coefficient (Wildman–Crippen LogP) is 2.80. The largest absolute Gasteiger partial charge is 0.359 e. The Morgan fingerprint density at radius 3 is 2.69 bits per heavy atom. The number of terminal acetylenes is 1. The second kappa shape index (κ2) is 4.79. The number of hydrogen-bond acceptors (Lipinski definition) is 1. The molecule has 0 N–H and O–H groups in total. The van der Waals surface area contributed by atoms with Crippen LogP contribution >= 0.6 is 11.6 Å². The molecule has 0 bridgehead atoms. The van der Waals surface area contributed by atoms with Gasteiger partial charge in [0, 0.05) is 6.54 Å². The maximum Gasteiger partial charge on any atom is 0.0792 e. The summed E-state index contributed by atoms with van der Waals surface area (Å²) in [6.45, 7) is 3.52. The van der Waals surface area contributed by atoms with Crippen LogP contribution < -0.4 is 4.90 Å². The molecule has 0 radical (unpaired) electrons. The molecular weight excluding hydrogens is 182 g/mol. The van der Waals surface area contributed by atoms with E-state index in [-0.39, 0.29) is 0 Å². The Bertz CT molecular complexity index is 314. The van der Waals surface area contributed by atoms with Crippen LogP contribution in [0.25, 0.3) is 0 Å². The number of halogens is 1. The first-order chi connectivity index (χ1) is 6.29. The van der Waals surface area contributed by atoms with Crippen molar-refractivity contribution in [2.45, 2.75) is 6.92 Å². The summed E-state index contributed by atoms with van der Waals surface area (Å²) in [4.78, 5) is 2.06. The molecule has 0 atom stereocenters. The lowest BCUT2D eigenvalue weighted by Gasteiger charge is -2.21. The second-order valence-electron chi connectivity index (χ2n) is 2.67. The van der Waals surface area contributed by atoms with Crippen LogP contribution in [0.5, 0.6) is 0 Å². The van der Waals surface area contributed by atoms with E-state index in [1.807, 2.05) is 24.3 Å². The number of nitrogens with zero attached hydrogens (tertiary/aromatic N) is 1. The van der Waals surface area contributed by atoms with E-state index in [1.54, 1.807) is 0 Å². The van der Waals surface area contributed by atoms with Crippen molar-refractivity contribution in [3.8, 4) is 12.3 Å². The smallest absolute Gasteiger partial charge is 0.0792 e. The molecule has 1 aromatic carbocycles. The van der Waals surface area contributed by atoms with Crippen LogP contribution in [-0.2, 0) is 0 Å². The van der Waals surface area contributed by atoms with Crippen molar-refractivity contribution in [2.24, 2.45) is 0 Å². The van der Waals surface area contributed by atoms with Crippen molar-refractivity contribution in [3.63, 3.8) is 0 Å². The first kappa shape index (κ1) is 9.95. The van der Waals surface area contributed by atoms with Crippen molar-refractivity contribution >= 4 is 17.3 Å². The van der Waals surface area contributed by atoms with E-state index in [9.17, 15) is 0 Å². The molecule has 0 spiro atoms. The predicted molar refractivity (Wildman–Crippen MR) is 58.2 cm³/mol. The molecule has 0 saturated heterocycles. The Morgan fingerprint density at radius 2 is 2.15 bits per heavy atom. The maximum atomic E-state index is 6.02. The molecule has 0 aliphatic carbocycles. The van der Waals surface area contributed by atoms with E-state index in [4.69, 9.17) is 18.0 Å². The van der Waals surface area contributed by atoms with E-state index in [0.29, 0.717) is 6.54 Å². The van der Waals surface area contributed by atoms with Gasteiger partial charge in [0.15, 0.2) is 0 Å². The van der Waals surface area contributed by atoms with Crippen LogP contribution in [-0.4, -0.2) is 13.1 Å². The zero-order valence-electron chi connectivity index (χ0n) is 7.63. The summed E-state index contributed by atoms with van der Waals surface area (Å²) in [6.07, 6.45) is 5.26. The van der Waals surface area contributed by atoms with Gasteiger partial charge in [-0.15, -0.1) is 6.42 Å². The summed E-state index contributed by atoms with van der Waals surface area (Å²) >= 11 is 6.02. The summed E-state index contributed by atoms with van der Waals surface area (Å²) in [5, 5.41) is 0.750. The quantitative estimate of drug-likeness (QED) is 0.668. The Labute approximate surface area is 84.3 Å². The fourth-order valence-electron chi connectivity index (χ4n) is 1.19. The number of rotatable bonds is 3. The van der Waals surface area contributed by atoms with Gasteiger partial charge in [-0.1, -0.05) is 29.7 Å². The van der Waals surface area contributed by atoms with Gasteiger partial charge in [0.25, 0.3) is 0 Å². The lowest BCUT2D eigenvalue weighted by molar-refractivity contribution is 0.918. The molecule has 1 aromatic rings. The van der Waals surface area contributed by atoms with Gasteiger partial charge in [-0.3, -0.25) is 0 Å². The molecule has 0 saturated carbocycles. The van der Waals surface area contributed by atoms with Crippen LogP contribution in [0.15, 0.2) is 24.3 Å². The summed E-state index contributed by atoms with van der Waals surface area (Å²) in [7, 11) is 0.